The molecule has 1 saturated carbocycles. The quantitative estimate of drug-likeness (QED) is 0.707. The summed E-state index contributed by atoms with van der Waals surface area (Å²) in [5, 5.41) is 2.88. The number of aromatic nitrogens is 2. The van der Waals surface area contributed by atoms with Crippen molar-refractivity contribution >= 4 is 27.4 Å². The van der Waals surface area contributed by atoms with Gasteiger partial charge < -0.3 is 10.2 Å². The van der Waals surface area contributed by atoms with Gasteiger partial charge in [0.15, 0.2) is 0 Å². The zero-order valence-corrected chi connectivity index (χ0v) is 18.4. The summed E-state index contributed by atoms with van der Waals surface area (Å²) in [7, 11) is -3.58. The highest BCUT2D eigenvalue weighted by Crippen LogP contribution is 2.28. The largest absolute Gasteiger partial charge is 0.353 e. The highest BCUT2D eigenvalue weighted by molar-refractivity contribution is 7.89. The van der Waals surface area contributed by atoms with Gasteiger partial charge in [0.1, 0.15) is 5.82 Å². The van der Waals surface area contributed by atoms with E-state index in [9.17, 15) is 13.2 Å². The van der Waals surface area contributed by atoms with E-state index in [1.807, 2.05) is 4.90 Å². The van der Waals surface area contributed by atoms with Gasteiger partial charge in [-0.05, 0) is 36.6 Å². The lowest BCUT2D eigenvalue weighted by Gasteiger charge is -2.34. The molecule has 0 unspecified atom stereocenters. The van der Waals surface area contributed by atoms with Gasteiger partial charge in [-0.3, -0.25) is 9.78 Å². The van der Waals surface area contributed by atoms with Gasteiger partial charge in [-0.25, -0.2) is 13.4 Å². The summed E-state index contributed by atoms with van der Waals surface area (Å²) in [5.41, 5.74) is 0.628. The lowest BCUT2D eigenvalue weighted by molar-refractivity contribution is -0.116. The Kier molecular flexibility index (Phi) is 6.82. The van der Waals surface area contributed by atoms with Crippen LogP contribution in [0.15, 0.2) is 47.8 Å². The summed E-state index contributed by atoms with van der Waals surface area (Å²) in [4.78, 5) is 22.8. The molecule has 0 bridgehead atoms. The van der Waals surface area contributed by atoms with Crippen molar-refractivity contribution in [1.82, 2.24) is 14.3 Å². The van der Waals surface area contributed by atoms with Crippen LogP contribution in [-0.2, 0) is 14.8 Å². The molecule has 2 aliphatic rings. The Hall–Kier alpha value is -2.52. The van der Waals surface area contributed by atoms with E-state index in [1.54, 1.807) is 42.9 Å². The smallest absolute Gasteiger partial charge is 0.243 e. The maximum Gasteiger partial charge on any atom is 0.243 e. The van der Waals surface area contributed by atoms with E-state index in [0.29, 0.717) is 44.2 Å². The van der Waals surface area contributed by atoms with Crippen LogP contribution in [0.1, 0.15) is 38.5 Å². The predicted octanol–water partition coefficient (Wildman–Crippen LogP) is 2.90. The maximum atomic E-state index is 13.0. The Morgan fingerprint density at radius 3 is 2.39 bits per heavy atom. The number of anilines is 2. The van der Waals surface area contributed by atoms with Crippen molar-refractivity contribution in [3.8, 4) is 0 Å². The number of nitrogens with one attached hydrogen (secondary N) is 1. The molecule has 2 fully saturated rings. The Morgan fingerprint density at radius 1 is 1.03 bits per heavy atom. The van der Waals surface area contributed by atoms with Gasteiger partial charge in [-0.2, -0.15) is 4.31 Å². The van der Waals surface area contributed by atoms with Gasteiger partial charge in [-0.1, -0.05) is 25.7 Å². The summed E-state index contributed by atoms with van der Waals surface area (Å²) in [5.74, 6) is 1.42. The van der Waals surface area contributed by atoms with E-state index >= 15 is 0 Å². The minimum Gasteiger partial charge on any atom is -0.353 e. The van der Waals surface area contributed by atoms with Gasteiger partial charge in [-0.15, -0.1) is 0 Å². The lowest BCUT2D eigenvalue weighted by Crippen LogP contribution is -2.48. The van der Waals surface area contributed by atoms with Gasteiger partial charge in [0, 0.05) is 50.7 Å². The van der Waals surface area contributed by atoms with Crippen molar-refractivity contribution in [2.24, 2.45) is 5.92 Å². The fraction of sp³-hybridized carbons (Fsp3) is 0.500. The molecule has 1 N–H and O–H groups in total. The second-order valence-electron chi connectivity index (χ2n) is 8.22. The second-order valence-corrected chi connectivity index (χ2v) is 10.2. The third kappa shape index (κ3) is 5.40. The van der Waals surface area contributed by atoms with Crippen molar-refractivity contribution < 1.29 is 13.2 Å². The summed E-state index contributed by atoms with van der Waals surface area (Å²) < 4.78 is 27.5. The summed E-state index contributed by atoms with van der Waals surface area (Å²) >= 11 is 0. The van der Waals surface area contributed by atoms with Crippen LogP contribution in [0.2, 0.25) is 0 Å². The van der Waals surface area contributed by atoms with Crippen molar-refractivity contribution in [3.63, 3.8) is 0 Å². The molecule has 0 radical (unpaired) electrons. The van der Waals surface area contributed by atoms with Gasteiger partial charge in [0.05, 0.1) is 11.1 Å². The standard InChI is InChI=1S/C22H29N5O3S/c28-22(10-5-18-3-1-2-4-18)25-19-6-8-20(9-7-19)31(29,30)27-15-13-26(14-16-27)21-17-23-11-12-24-21/h6-9,11-12,17-18H,1-5,10,13-16H2,(H,25,28). The molecule has 0 atom stereocenters. The number of hydrogen-bond donors (Lipinski definition) is 1. The number of rotatable bonds is 7. The molecule has 166 valence electrons. The first-order valence-electron chi connectivity index (χ1n) is 10.9. The fourth-order valence-electron chi connectivity index (χ4n) is 4.33. The average Bonchev–Trinajstić information content (AvgIpc) is 3.33. The van der Waals surface area contributed by atoms with E-state index in [1.165, 1.54) is 30.0 Å². The number of nitrogens with zero attached hydrogens (tertiary/aromatic N) is 4. The minimum atomic E-state index is -3.58. The van der Waals surface area contributed by atoms with E-state index in [0.717, 1.165) is 12.2 Å². The molecular formula is C22H29N5O3S. The van der Waals surface area contributed by atoms with Crippen molar-refractivity contribution in [2.45, 2.75) is 43.4 Å². The lowest BCUT2D eigenvalue weighted by atomic mass is 10.0. The number of carbonyl (C=O) groups excluding carboxylic acids is 1. The number of piperazine rings is 1. The molecule has 1 aliphatic carbocycles. The Bertz CT molecular complexity index is 968. The predicted molar refractivity (Wildman–Crippen MR) is 119 cm³/mol. The molecule has 0 spiro atoms. The van der Waals surface area contributed by atoms with Crippen LogP contribution in [0.3, 0.4) is 0 Å². The van der Waals surface area contributed by atoms with Crippen LogP contribution < -0.4 is 10.2 Å². The number of benzene rings is 1. The summed E-state index contributed by atoms with van der Waals surface area (Å²) in [6.07, 6.45) is 11.4. The van der Waals surface area contributed by atoms with Gasteiger partial charge in [0.25, 0.3) is 0 Å². The molecule has 31 heavy (non-hydrogen) atoms. The molecule has 1 saturated heterocycles. The maximum absolute atomic E-state index is 13.0. The van der Waals surface area contributed by atoms with Crippen LogP contribution >= 0.6 is 0 Å². The first-order valence-corrected chi connectivity index (χ1v) is 12.4. The molecule has 1 aliphatic heterocycles. The van der Waals surface area contributed by atoms with E-state index in [-0.39, 0.29) is 10.8 Å². The molecule has 2 heterocycles. The topological polar surface area (TPSA) is 95.5 Å². The van der Waals surface area contributed by atoms with Gasteiger partial charge in [0.2, 0.25) is 15.9 Å². The Labute approximate surface area is 183 Å². The van der Waals surface area contributed by atoms with E-state index < -0.39 is 10.0 Å². The third-order valence-corrected chi connectivity index (χ3v) is 8.06. The van der Waals surface area contributed by atoms with Crippen LogP contribution in [0, 0.1) is 5.92 Å². The van der Waals surface area contributed by atoms with Crippen molar-refractivity contribution in [3.05, 3.63) is 42.9 Å². The molecule has 9 heteroatoms. The second kappa shape index (κ2) is 9.74. The van der Waals surface area contributed by atoms with Crippen molar-refractivity contribution in [1.29, 1.82) is 0 Å². The first kappa shape index (κ1) is 21.7. The molecule has 1 amide bonds. The third-order valence-electron chi connectivity index (χ3n) is 6.14. The molecule has 2 aromatic rings. The van der Waals surface area contributed by atoms with Crippen LogP contribution in [0.25, 0.3) is 0 Å². The van der Waals surface area contributed by atoms with Crippen LogP contribution in [-0.4, -0.2) is 54.8 Å². The van der Waals surface area contributed by atoms with E-state index in [4.69, 9.17) is 0 Å². The minimum absolute atomic E-state index is 0.0114. The average molecular weight is 444 g/mol. The fourth-order valence-corrected chi connectivity index (χ4v) is 5.75. The summed E-state index contributed by atoms with van der Waals surface area (Å²) in [6.45, 7) is 1.90. The molecule has 8 nitrogen and oxygen atoms in total. The highest BCUT2D eigenvalue weighted by Gasteiger charge is 2.29. The zero-order chi connectivity index (χ0) is 21.7. The highest BCUT2D eigenvalue weighted by atomic mass is 32.2. The van der Waals surface area contributed by atoms with Crippen molar-refractivity contribution in [2.75, 3.05) is 36.4 Å². The number of hydrogen-bond acceptors (Lipinski definition) is 6. The van der Waals surface area contributed by atoms with Gasteiger partial charge >= 0.3 is 0 Å². The summed E-state index contributed by atoms with van der Waals surface area (Å²) in [6, 6.07) is 6.46. The monoisotopic (exact) mass is 443 g/mol. The molecule has 1 aromatic carbocycles. The SMILES string of the molecule is O=C(CCC1CCCC1)Nc1ccc(S(=O)(=O)N2CCN(c3cnccn3)CC2)cc1. The number of sulfonamides is 1. The molecule has 4 rings (SSSR count). The first-order chi connectivity index (χ1) is 15.0. The van der Waals surface area contributed by atoms with Crippen LogP contribution in [0.5, 0.6) is 0 Å². The molecular weight excluding hydrogens is 414 g/mol. The Morgan fingerprint density at radius 2 is 1.74 bits per heavy atom. The Balaban J connectivity index is 1.31. The molecule has 1 aromatic heterocycles. The van der Waals surface area contributed by atoms with E-state index in [2.05, 4.69) is 15.3 Å². The number of carbonyl (C=O) groups is 1. The number of amides is 1. The zero-order valence-electron chi connectivity index (χ0n) is 17.6. The van der Waals surface area contributed by atoms with Crippen LogP contribution in [0.4, 0.5) is 11.5 Å². The normalized spacial score (nSPS) is 18.3.